The molecule has 0 unspecified atom stereocenters. The minimum absolute atomic E-state index is 0.639. The maximum Gasteiger partial charge on any atom is 0.164 e. The van der Waals surface area contributed by atoms with E-state index in [1.807, 2.05) is 72.4 Å². The summed E-state index contributed by atoms with van der Waals surface area (Å²) in [5, 5.41) is 2.45. The van der Waals surface area contributed by atoms with Gasteiger partial charge in [0.25, 0.3) is 0 Å². The van der Waals surface area contributed by atoms with E-state index in [2.05, 4.69) is 125 Å². The van der Waals surface area contributed by atoms with Crippen molar-refractivity contribution in [1.82, 2.24) is 19.5 Å². The minimum atomic E-state index is 0.639. The Hall–Kier alpha value is -6.50. The van der Waals surface area contributed by atoms with E-state index in [-0.39, 0.29) is 0 Å². The maximum atomic E-state index is 4.96. The second kappa shape index (κ2) is 12.1. The molecule has 0 amide bonds. The average molecular weight is 672 g/mol. The van der Waals surface area contributed by atoms with Crippen molar-refractivity contribution >= 4 is 50.6 Å². The highest BCUT2D eigenvalue weighted by molar-refractivity contribution is 7.99. The molecule has 2 aromatic heterocycles. The molecule has 0 spiro atoms. The van der Waals surface area contributed by atoms with Gasteiger partial charge in [0.05, 0.1) is 22.4 Å². The van der Waals surface area contributed by atoms with Crippen LogP contribution in [0.4, 0.5) is 17.1 Å². The summed E-state index contributed by atoms with van der Waals surface area (Å²) in [5.41, 5.74) is 9.72. The van der Waals surface area contributed by atoms with Gasteiger partial charge in [-0.05, 0) is 66.7 Å². The number of nitrogens with zero attached hydrogens (tertiary/aromatic N) is 5. The van der Waals surface area contributed by atoms with Crippen LogP contribution in [0.25, 0.3) is 61.7 Å². The smallest absolute Gasteiger partial charge is 0.164 e. The molecule has 1 aliphatic heterocycles. The highest BCUT2D eigenvalue weighted by Gasteiger charge is 2.27. The number of fused-ring (bicyclic) bond motifs is 5. The summed E-state index contributed by atoms with van der Waals surface area (Å²) < 4.78 is 2.38. The van der Waals surface area contributed by atoms with E-state index >= 15 is 0 Å². The number of benzene rings is 7. The topological polar surface area (TPSA) is 46.8 Å². The van der Waals surface area contributed by atoms with Gasteiger partial charge in [-0.1, -0.05) is 121 Å². The highest BCUT2D eigenvalue weighted by Crippen LogP contribution is 2.53. The van der Waals surface area contributed by atoms with Crippen molar-refractivity contribution in [3.8, 4) is 39.9 Å². The van der Waals surface area contributed by atoms with E-state index in [1.165, 1.54) is 31.9 Å². The van der Waals surface area contributed by atoms with E-state index in [4.69, 9.17) is 15.0 Å². The van der Waals surface area contributed by atoms with Gasteiger partial charge in [-0.2, -0.15) is 0 Å². The first-order valence-electron chi connectivity index (χ1n) is 17.0. The molecule has 1 aliphatic rings. The van der Waals surface area contributed by atoms with E-state index in [9.17, 15) is 0 Å². The molecule has 0 saturated heterocycles. The van der Waals surface area contributed by atoms with Gasteiger partial charge in [-0.15, -0.1) is 0 Å². The molecule has 6 heteroatoms. The molecule has 10 rings (SSSR count). The zero-order valence-electron chi connectivity index (χ0n) is 27.4. The van der Waals surface area contributed by atoms with E-state index in [0.29, 0.717) is 17.5 Å². The monoisotopic (exact) mass is 671 g/mol. The molecule has 0 bridgehead atoms. The predicted octanol–water partition coefficient (Wildman–Crippen LogP) is 11.9. The standard InChI is InChI=1S/C45H29N5S/c1-4-14-30(15-5-1)43-46-44(31-16-6-2-7-17-31)48-45(47-43)32-24-26-34(27-25-32)49-37-21-11-10-20-35(37)36-28-42-40(29-39(36)49)50(33-18-8-3-9-19-33)38-22-12-13-23-41(38)51-42/h1-29H. The Morgan fingerprint density at radius 1 is 0.373 bits per heavy atom. The average Bonchev–Trinajstić information content (AvgIpc) is 3.53. The SMILES string of the molecule is c1ccc(-c2nc(-c3ccccc3)nc(-c3ccc(-n4c5ccccc5c5cc6c(cc54)N(c4ccccc4)c4ccccc4S6)cc3)n2)cc1. The lowest BCUT2D eigenvalue weighted by molar-refractivity contribution is 1.07. The molecule has 0 fully saturated rings. The van der Waals surface area contributed by atoms with Crippen LogP contribution < -0.4 is 4.90 Å². The second-order valence-electron chi connectivity index (χ2n) is 12.5. The van der Waals surface area contributed by atoms with Crippen LogP contribution in [0.2, 0.25) is 0 Å². The molecular formula is C45H29N5S. The third kappa shape index (κ3) is 5.07. The molecule has 0 saturated carbocycles. The first kappa shape index (κ1) is 29.4. The molecule has 9 aromatic rings. The number of para-hydroxylation sites is 3. The zero-order valence-corrected chi connectivity index (χ0v) is 28.2. The van der Waals surface area contributed by atoms with Crippen LogP contribution in [0.1, 0.15) is 0 Å². The van der Waals surface area contributed by atoms with E-state index in [0.717, 1.165) is 39.1 Å². The summed E-state index contributed by atoms with van der Waals surface area (Å²) in [7, 11) is 0. The van der Waals surface area contributed by atoms with Gasteiger partial charge in [0.1, 0.15) is 0 Å². The second-order valence-corrected chi connectivity index (χ2v) is 13.6. The third-order valence-electron chi connectivity index (χ3n) is 9.42. The van der Waals surface area contributed by atoms with E-state index in [1.54, 1.807) is 0 Å². The molecule has 5 nitrogen and oxygen atoms in total. The van der Waals surface area contributed by atoms with Crippen molar-refractivity contribution in [1.29, 1.82) is 0 Å². The summed E-state index contributed by atoms with van der Waals surface area (Å²) in [6.07, 6.45) is 0. The lowest BCUT2D eigenvalue weighted by Crippen LogP contribution is -2.14. The largest absolute Gasteiger partial charge is 0.309 e. The van der Waals surface area contributed by atoms with Crippen LogP contribution in [-0.4, -0.2) is 19.5 Å². The first-order chi connectivity index (χ1) is 25.3. The molecule has 0 radical (unpaired) electrons. The third-order valence-corrected chi connectivity index (χ3v) is 10.5. The molecular weight excluding hydrogens is 643 g/mol. The van der Waals surface area contributed by atoms with Gasteiger partial charge >= 0.3 is 0 Å². The molecule has 3 heterocycles. The Morgan fingerprint density at radius 3 is 1.59 bits per heavy atom. The summed E-state index contributed by atoms with van der Waals surface area (Å²) in [6, 6.07) is 61.5. The quantitative estimate of drug-likeness (QED) is 0.182. The lowest BCUT2D eigenvalue weighted by atomic mass is 10.1. The van der Waals surface area contributed by atoms with Crippen molar-refractivity contribution in [2.24, 2.45) is 0 Å². The van der Waals surface area contributed by atoms with Crippen molar-refractivity contribution in [3.05, 3.63) is 176 Å². The fourth-order valence-electron chi connectivity index (χ4n) is 7.05. The van der Waals surface area contributed by atoms with Gasteiger partial charge in [0.2, 0.25) is 0 Å². The summed E-state index contributed by atoms with van der Waals surface area (Å²) in [5.74, 6) is 1.94. The summed E-state index contributed by atoms with van der Waals surface area (Å²) in [6.45, 7) is 0. The predicted molar refractivity (Wildman–Crippen MR) is 209 cm³/mol. The molecule has 0 N–H and O–H groups in total. The molecule has 51 heavy (non-hydrogen) atoms. The van der Waals surface area contributed by atoms with Crippen molar-refractivity contribution in [2.45, 2.75) is 9.79 Å². The van der Waals surface area contributed by atoms with Gasteiger partial charge in [0, 0.05) is 48.6 Å². The molecule has 0 aliphatic carbocycles. The van der Waals surface area contributed by atoms with Crippen molar-refractivity contribution in [2.75, 3.05) is 4.90 Å². The minimum Gasteiger partial charge on any atom is -0.309 e. The zero-order chi connectivity index (χ0) is 33.7. The van der Waals surface area contributed by atoms with Crippen LogP contribution in [-0.2, 0) is 0 Å². The summed E-state index contributed by atoms with van der Waals surface area (Å²) >= 11 is 1.84. The Labute approximate surface area is 299 Å². The molecule has 0 atom stereocenters. The number of hydrogen-bond donors (Lipinski definition) is 0. The Balaban J connectivity index is 1.13. The normalized spacial score (nSPS) is 12.2. The lowest BCUT2D eigenvalue weighted by Gasteiger charge is -2.33. The van der Waals surface area contributed by atoms with E-state index < -0.39 is 0 Å². The van der Waals surface area contributed by atoms with Gasteiger partial charge in [-0.3, -0.25) is 0 Å². The van der Waals surface area contributed by atoms with Crippen molar-refractivity contribution in [3.63, 3.8) is 0 Å². The summed E-state index contributed by atoms with van der Waals surface area (Å²) in [4.78, 5) is 19.7. The number of aromatic nitrogens is 4. The highest BCUT2D eigenvalue weighted by atomic mass is 32.2. The van der Waals surface area contributed by atoms with Crippen LogP contribution in [0, 0.1) is 0 Å². The first-order valence-corrected chi connectivity index (χ1v) is 17.8. The van der Waals surface area contributed by atoms with Crippen LogP contribution in [0.3, 0.4) is 0 Å². The van der Waals surface area contributed by atoms with Crippen molar-refractivity contribution < 1.29 is 0 Å². The number of anilines is 3. The van der Waals surface area contributed by atoms with Gasteiger partial charge in [-0.25, -0.2) is 15.0 Å². The fourth-order valence-corrected chi connectivity index (χ4v) is 8.13. The van der Waals surface area contributed by atoms with Gasteiger partial charge in [0.15, 0.2) is 17.5 Å². The number of hydrogen-bond acceptors (Lipinski definition) is 5. The maximum absolute atomic E-state index is 4.96. The Kier molecular flexibility index (Phi) is 6.99. The Bertz CT molecular complexity index is 2650. The Morgan fingerprint density at radius 2 is 0.922 bits per heavy atom. The van der Waals surface area contributed by atoms with Crippen LogP contribution in [0.5, 0.6) is 0 Å². The van der Waals surface area contributed by atoms with Crippen LogP contribution in [0.15, 0.2) is 186 Å². The number of rotatable bonds is 5. The molecule has 240 valence electrons. The fraction of sp³-hybridized carbons (Fsp3) is 0. The van der Waals surface area contributed by atoms with Gasteiger partial charge < -0.3 is 9.47 Å². The van der Waals surface area contributed by atoms with Crippen LogP contribution >= 0.6 is 11.8 Å². The molecule has 7 aromatic carbocycles.